The molecular formula is C23H19Cl2F3N2O3S2. The van der Waals surface area contributed by atoms with Crippen LogP contribution in [-0.4, -0.2) is 19.6 Å². The van der Waals surface area contributed by atoms with E-state index in [1.807, 2.05) is 19.1 Å². The van der Waals surface area contributed by atoms with Crippen LogP contribution in [0.3, 0.4) is 0 Å². The highest BCUT2D eigenvalue weighted by atomic mass is 35.5. The summed E-state index contributed by atoms with van der Waals surface area (Å²) in [4.78, 5) is 13.4. The molecular weight excluding hydrogens is 544 g/mol. The van der Waals surface area contributed by atoms with Crippen molar-refractivity contribution >= 4 is 62.3 Å². The van der Waals surface area contributed by atoms with Crippen molar-refractivity contribution in [3.63, 3.8) is 0 Å². The lowest BCUT2D eigenvalue weighted by atomic mass is 10.2. The summed E-state index contributed by atoms with van der Waals surface area (Å²) in [6.45, 7) is 1.87. The molecule has 186 valence electrons. The van der Waals surface area contributed by atoms with Crippen molar-refractivity contribution in [1.82, 2.24) is 0 Å². The summed E-state index contributed by atoms with van der Waals surface area (Å²) in [5, 5.41) is 2.40. The minimum Gasteiger partial charge on any atom is -0.325 e. The minimum absolute atomic E-state index is 0.193. The molecule has 12 heteroatoms. The number of nitrogens with one attached hydrogen (secondary N) is 2. The number of halogens is 5. The highest BCUT2D eigenvalue weighted by molar-refractivity contribution is 8.00. The van der Waals surface area contributed by atoms with Crippen LogP contribution in [0.2, 0.25) is 10.0 Å². The zero-order chi connectivity index (χ0) is 25.8. The summed E-state index contributed by atoms with van der Waals surface area (Å²) < 4.78 is 66.5. The molecule has 0 bridgehead atoms. The second kappa shape index (κ2) is 11.1. The van der Waals surface area contributed by atoms with E-state index in [2.05, 4.69) is 10.0 Å². The molecule has 35 heavy (non-hydrogen) atoms. The highest BCUT2D eigenvalue weighted by Crippen LogP contribution is 2.36. The number of carbonyl (C=O) groups excluding carboxylic acids is 1. The molecule has 1 amide bonds. The van der Waals surface area contributed by atoms with Gasteiger partial charge in [-0.15, -0.1) is 11.8 Å². The van der Waals surface area contributed by atoms with E-state index in [9.17, 15) is 26.4 Å². The van der Waals surface area contributed by atoms with Crippen molar-refractivity contribution in [1.29, 1.82) is 0 Å². The first-order valence-corrected chi connectivity index (χ1v) is 13.2. The van der Waals surface area contributed by atoms with E-state index in [0.29, 0.717) is 23.2 Å². The molecule has 1 atom stereocenters. The van der Waals surface area contributed by atoms with Crippen molar-refractivity contribution in [2.75, 3.05) is 10.0 Å². The Hall–Kier alpha value is -2.40. The van der Waals surface area contributed by atoms with Gasteiger partial charge in [-0.05, 0) is 73.2 Å². The Labute approximate surface area is 215 Å². The number of thioether (sulfide) groups is 1. The lowest BCUT2D eigenvalue weighted by Crippen LogP contribution is -2.24. The number of anilines is 2. The smallest absolute Gasteiger partial charge is 0.325 e. The van der Waals surface area contributed by atoms with Gasteiger partial charge in [0.05, 0.1) is 20.7 Å². The number of rotatable bonds is 8. The number of hydrogen-bond acceptors (Lipinski definition) is 4. The molecule has 5 nitrogen and oxygen atoms in total. The summed E-state index contributed by atoms with van der Waals surface area (Å²) in [5.41, 5.74) is -1.07. The summed E-state index contributed by atoms with van der Waals surface area (Å²) in [6.07, 6.45) is -4.18. The predicted molar refractivity (Wildman–Crippen MR) is 134 cm³/mol. The van der Waals surface area contributed by atoms with Gasteiger partial charge in [0.1, 0.15) is 0 Å². The van der Waals surface area contributed by atoms with Crippen molar-refractivity contribution < 1.29 is 26.4 Å². The van der Waals surface area contributed by atoms with E-state index in [1.54, 1.807) is 12.1 Å². The molecule has 3 aromatic rings. The maximum Gasteiger partial charge on any atom is 0.417 e. The fourth-order valence-electron chi connectivity index (χ4n) is 2.96. The lowest BCUT2D eigenvalue weighted by molar-refractivity contribution is -0.137. The SMILES string of the molecule is CC[C@@H](Sc1ccc(Cl)cc1)C(=O)Nc1ccc(S(=O)(=O)Nc2ccc(Cl)c(C(F)(F)F)c2)cc1. The largest absolute Gasteiger partial charge is 0.417 e. The second-order valence-corrected chi connectivity index (χ2v) is 11.1. The summed E-state index contributed by atoms with van der Waals surface area (Å²) in [6, 6.07) is 15.1. The molecule has 0 saturated carbocycles. The standard InChI is InChI=1S/C23H19Cl2F3N2O3S2/c1-2-21(34-17-8-3-14(24)4-9-17)22(31)29-15-5-10-18(11-6-15)35(32,33)30-16-7-12-20(25)19(13-16)23(26,27)28/h3-13,21,30H,2H2,1H3,(H,29,31)/t21-/m1/s1. The number of amides is 1. The molecule has 0 fully saturated rings. The first-order chi connectivity index (χ1) is 16.4. The third-order valence-corrected chi connectivity index (χ3v) is 8.07. The average molecular weight is 563 g/mol. The molecule has 0 saturated heterocycles. The topological polar surface area (TPSA) is 75.3 Å². The molecule has 0 radical (unpaired) electrons. The molecule has 0 aliphatic heterocycles. The van der Waals surface area contributed by atoms with Crippen molar-refractivity contribution in [2.45, 2.75) is 34.6 Å². The molecule has 0 heterocycles. The van der Waals surface area contributed by atoms with Crippen molar-refractivity contribution in [3.8, 4) is 0 Å². The van der Waals surface area contributed by atoms with E-state index < -0.39 is 32.0 Å². The fraction of sp³-hybridized carbons (Fsp3) is 0.174. The van der Waals surface area contributed by atoms with Crippen molar-refractivity contribution in [2.24, 2.45) is 0 Å². The maximum absolute atomic E-state index is 13.1. The Bertz CT molecular complexity index is 1300. The van der Waals surface area contributed by atoms with Crippen LogP contribution in [0.1, 0.15) is 18.9 Å². The van der Waals surface area contributed by atoms with Crippen LogP contribution in [0, 0.1) is 0 Å². The number of sulfonamides is 1. The lowest BCUT2D eigenvalue weighted by Gasteiger charge is -2.15. The summed E-state index contributed by atoms with van der Waals surface area (Å²) >= 11 is 12.8. The zero-order valence-corrected chi connectivity index (χ0v) is 21.2. The Morgan fingerprint density at radius 3 is 2.14 bits per heavy atom. The Kier molecular flexibility index (Phi) is 8.63. The molecule has 0 unspecified atom stereocenters. The van der Waals surface area contributed by atoms with Crippen LogP contribution in [-0.2, 0) is 21.0 Å². The Morgan fingerprint density at radius 1 is 0.971 bits per heavy atom. The number of hydrogen-bond donors (Lipinski definition) is 2. The first kappa shape index (κ1) is 27.2. The van der Waals surface area contributed by atoms with Gasteiger partial charge in [0.15, 0.2) is 0 Å². The zero-order valence-electron chi connectivity index (χ0n) is 18.1. The van der Waals surface area contributed by atoms with Gasteiger partial charge in [-0.25, -0.2) is 8.42 Å². The third kappa shape index (κ3) is 7.30. The van der Waals surface area contributed by atoms with E-state index in [1.165, 1.54) is 36.0 Å². The molecule has 3 rings (SSSR count). The van der Waals surface area contributed by atoms with E-state index >= 15 is 0 Å². The molecule has 0 aromatic heterocycles. The van der Waals surface area contributed by atoms with Gasteiger partial charge in [-0.1, -0.05) is 30.1 Å². The van der Waals surface area contributed by atoms with Crippen LogP contribution in [0.5, 0.6) is 0 Å². The normalized spacial score (nSPS) is 12.7. The van der Waals surface area contributed by atoms with E-state index in [4.69, 9.17) is 23.2 Å². The second-order valence-electron chi connectivity index (χ2n) is 7.28. The Morgan fingerprint density at radius 2 is 1.57 bits per heavy atom. The molecule has 0 aliphatic rings. The quantitative estimate of drug-likeness (QED) is 0.282. The number of benzene rings is 3. The van der Waals surface area contributed by atoms with Crippen molar-refractivity contribution in [3.05, 3.63) is 82.3 Å². The first-order valence-electron chi connectivity index (χ1n) is 10.1. The van der Waals surface area contributed by atoms with Gasteiger partial charge in [0, 0.05) is 21.3 Å². The molecule has 0 spiro atoms. The molecule has 0 aliphatic carbocycles. The number of carbonyl (C=O) groups is 1. The molecule has 3 aromatic carbocycles. The van der Waals surface area contributed by atoms with Crippen LogP contribution >= 0.6 is 35.0 Å². The maximum atomic E-state index is 13.1. The van der Waals surface area contributed by atoms with Gasteiger partial charge >= 0.3 is 6.18 Å². The van der Waals surface area contributed by atoms with E-state index in [-0.39, 0.29) is 16.5 Å². The van der Waals surface area contributed by atoms with Gasteiger partial charge in [0.2, 0.25) is 5.91 Å². The monoisotopic (exact) mass is 562 g/mol. The fourth-order valence-corrected chi connectivity index (χ4v) is 5.31. The molecule has 2 N–H and O–H groups in total. The van der Waals surface area contributed by atoms with E-state index in [0.717, 1.165) is 17.0 Å². The third-order valence-electron chi connectivity index (χ3n) is 4.71. The Balaban J connectivity index is 1.69. The number of alkyl halides is 3. The van der Waals surface area contributed by atoms with Crippen LogP contribution in [0.25, 0.3) is 0 Å². The minimum atomic E-state index is -4.74. The van der Waals surface area contributed by atoms with Gasteiger partial charge < -0.3 is 5.32 Å². The van der Waals surface area contributed by atoms with Gasteiger partial charge in [0.25, 0.3) is 10.0 Å². The summed E-state index contributed by atoms with van der Waals surface area (Å²) in [7, 11) is -4.19. The average Bonchev–Trinajstić information content (AvgIpc) is 2.79. The van der Waals surface area contributed by atoms with Crippen LogP contribution < -0.4 is 10.0 Å². The summed E-state index contributed by atoms with van der Waals surface area (Å²) in [5.74, 6) is -0.262. The predicted octanol–water partition coefficient (Wildman–Crippen LogP) is 7.32. The van der Waals surface area contributed by atoms with Gasteiger partial charge in [-0.2, -0.15) is 13.2 Å². The van der Waals surface area contributed by atoms with Gasteiger partial charge in [-0.3, -0.25) is 9.52 Å². The highest BCUT2D eigenvalue weighted by Gasteiger charge is 2.33. The van der Waals surface area contributed by atoms with Crippen LogP contribution in [0.4, 0.5) is 24.5 Å². The van der Waals surface area contributed by atoms with Crippen LogP contribution in [0.15, 0.2) is 76.5 Å².